The van der Waals surface area contributed by atoms with Gasteiger partial charge in [0.15, 0.2) is 6.29 Å². The van der Waals surface area contributed by atoms with Crippen molar-refractivity contribution in [1.82, 2.24) is 0 Å². The van der Waals surface area contributed by atoms with Gasteiger partial charge in [0.1, 0.15) is 0 Å². The van der Waals surface area contributed by atoms with E-state index in [2.05, 4.69) is 23.8 Å². The number of hydrogen-bond donors (Lipinski definition) is 0. The van der Waals surface area contributed by atoms with Crippen LogP contribution in [0.4, 0.5) is 0 Å². The van der Waals surface area contributed by atoms with Crippen LogP contribution in [-0.2, 0) is 9.47 Å². The van der Waals surface area contributed by atoms with Gasteiger partial charge >= 0.3 is 0 Å². The van der Waals surface area contributed by atoms with Crippen molar-refractivity contribution < 1.29 is 9.47 Å². The van der Waals surface area contributed by atoms with Crippen molar-refractivity contribution in [2.75, 3.05) is 13.2 Å². The first-order valence-electron chi connectivity index (χ1n) is 6.21. The molecule has 2 nitrogen and oxygen atoms in total. The zero-order valence-corrected chi connectivity index (χ0v) is 10.3. The summed E-state index contributed by atoms with van der Waals surface area (Å²) in [6, 6.07) is 0. The number of ether oxygens (including phenoxy) is 2. The average Bonchev–Trinajstić information content (AvgIpc) is 2.38. The Bertz CT molecular complexity index is 308. The van der Waals surface area contributed by atoms with Crippen LogP contribution in [0, 0.1) is 24.2 Å². The van der Waals surface area contributed by atoms with Gasteiger partial charge in [-0.2, -0.15) is 0 Å². The molecule has 0 aromatic carbocycles. The fraction of sp³-hybridized carbons (Fsp3) is 0.600. The lowest BCUT2D eigenvalue weighted by atomic mass is 10.2. The normalized spacial score (nSPS) is 19.6. The Balaban J connectivity index is 1.95. The molecule has 1 rings (SSSR count). The second kappa shape index (κ2) is 9.97. The van der Waals surface area contributed by atoms with E-state index in [4.69, 9.17) is 15.9 Å². The predicted molar refractivity (Wildman–Crippen MR) is 69.1 cm³/mol. The second-order valence-corrected chi connectivity index (χ2v) is 3.87. The lowest BCUT2D eigenvalue weighted by molar-refractivity contribution is -0.155. The van der Waals surface area contributed by atoms with E-state index in [1.54, 1.807) is 0 Å². The van der Waals surface area contributed by atoms with Crippen molar-refractivity contribution >= 4 is 0 Å². The molecule has 1 saturated heterocycles. The van der Waals surface area contributed by atoms with E-state index in [0.717, 1.165) is 32.3 Å². The van der Waals surface area contributed by atoms with Gasteiger partial charge in [0, 0.05) is 13.0 Å². The quantitative estimate of drug-likeness (QED) is 0.412. The van der Waals surface area contributed by atoms with Crippen molar-refractivity contribution in [3.63, 3.8) is 0 Å². The van der Waals surface area contributed by atoms with Gasteiger partial charge in [0.2, 0.25) is 0 Å². The summed E-state index contributed by atoms with van der Waals surface area (Å²) < 4.78 is 11.0. The van der Waals surface area contributed by atoms with E-state index in [1.807, 2.05) is 6.08 Å². The maximum atomic E-state index is 5.56. The second-order valence-electron chi connectivity index (χ2n) is 3.87. The van der Waals surface area contributed by atoms with Crippen LogP contribution in [0.2, 0.25) is 0 Å². The monoisotopic (exact) mass is 232 g/mol. The van der Waals surface area contributed by atoms with Gasteiger partial charge in [0.05, 0.1) is 13.0 Å². The van der Waals surface area contributed by atoms with Gasteiger partial charge in [-0.05, 0) is 25.7 Å². The number of terminal acetylenes is 1. The van der Waals surface area contributed by atoms with Gasteiger partial charge in [-0.3, -0.25) is 0 Å². The molecule has 0 aliphatic carbocycles. The first-order chi connectivity index (χ1) is 8.43. The molecule has 0 bridgehead atoms. The first kappa shape index (κ1) is 13.8. The van der Waals surface area contributed by atoms with E-state index >= 15 is 0 Å². The van der Waals surface area contributed by atoms with Gasteiger partial charge in [-0.25, -0.2) is 0 Å². The number of rotatable bonds is 5. The van der Waals surface area contributed by atoms with Crippen LogP contribution in [0.25, 0.3) is 0 Å². The predicted octanol–water partition coefficient (Wildman–Crippen LogP) is 2.89. The van der Waals surface area contributed by atoms with Crippen molar-refractivity contribution in [2.45, 2.75) is 44.8 Å². The van der Waals surface area contributed by atoms with Gasteiger partial charge in [-0.15, -0.1) is 12.3 Å². The Hall–Kier alpha value is -1.22. The first-order valence-corrected chi connectivity index (χ1v) is 6.21. The SMILES string of the molecule is C#CCC#CCC/C=C/COC1CCCCO1. The molecule has 92 valence electrons. The molecule has 0 spiro atoms. The lowest BCUT2D eigenvalue weighted by Crippen LogP contribution is -2.22. The Kier molecular flexibility index (Phi) is 8.12. The molecule has 2 heteroatoms. The Morgan fingerprint density at radius 1 is 1.29 bits per heavy atom. The van der Waals surface area contributed by atoms with E-state index in [1.165, 1.54) is 6.42 Å². The van der Waals surface area contributed by atoms with E-state index in [-0.39, 0.29) is 6.29 Å². The minimum atomic E-state index is 0.00354. The van der Waals surface area contributed by atoms with Crippen LogP contribution in [0.15, 0.2) is 12.2 Å². The van der Waals surface area contributed by atoms with Crippen LogP contribution >= 0.6 is 0 Å². The van der Waals surface area contributed by atoms with Crippen molar-refractivity contribution in [3.05, 3.63) is 12.2 Å². The summed E-state index contributed by atoms with van der Waals surface area (Å²) in [7, 11) is 0. The third-order valence-corrected chi connectivity index (χ3v) is 2.43. The van der Waals surface area contributed by atoms with Crippen LogP contribution < -0.4 is 0 Å². The summed E-state index contributed by atoms with van der Waals surface area (Å²) in [5, 5.41) is 0. The van der Waals surface area contributed by atoms with Gasteiger partial charge in [-0.1, -0.05) is 24.0 Å². The van der Waals surface area contributed by atoms with Crippen molar-refractivity contribution in [2.24, 2.45) is 0 Å². The summed E-state index contributed by atoms with van der Waals surface area (Å²) in [5.74, 6) is 8.41. The molecule has 1 aliphatic heterocycles. The Labute approximate surface area is 104 Å². The summed E-state index contributed by atoms with van der Waals surface area (Å²) in [6.45, 7) is 1.46. The maximum Gasteiger partial charge on any atom is 0.157 e. The molecule has 1 aliphatic rings. The highest BCUT2D eigenvalue weighted by Crippen LogP contribution is 2.13. The number of allylic oxidation sites excluding steroid dienone is 1. The zero-order valence-electron chi connectivity index (χ0n) is 10.3. The molecule has 1 fully saturated rings. The molecule has 0 aromatic rings. The summed E-state index contributed by atoms with van der Waals surface area (Å²) in [6.07, 6.45) is 15.0. The van der Waals surface area contributed by atoms with Gasteiger partial charge < -0.3 is 9.47 Å². The molecule has 0 radical (unpaired) electrons. The molecular weight excluding hydrogens is 212 g/mol. The minimum Gasteiger partial charge on any atom is -0.353 e. The molecule has 0 saturated carbocycles. The molecule has 0 aromatic heterocycles. The maximum absolute atomic E-state index is 5.56. The molecule has 1 heterocycles. The Morgan fingerprint density at radius 3 is 3.00 bits per heavy atom. The molecule has 17 heavy (non-hydrogen) atoms. The average molecular weight is 232 g/mol. The minimum absolute atomic E-state index is 0.00354. The fourth-order valence-corrected chi connectivity index (χ4v) is 1.55. The molecule has 1 unspecified atom stereocenters. The zero-order chi connectivity index (χ0) is 12.2. The van der Waals surface area contributed by atoms with Crippen LogP contribution in [0.5, 0.6) is 0 Å². The summed E-state index contributed by atoms with van der Waals surface area (Å²) in [4.78, 5) is 0. The summed E-state index contributed by atoms with van der Waals surface area (Å²) >= 11 is 0. The van der Waals surface area contributed by atoms with E-state index in [0.29, 0.717) is 13.0 Å². The van der Waals surface area contributed by atoms with Gasteiger partial charge in [0.25, 0.3) is 0 Å². The van der Waals surface area contributed by atoms with Crippen molar-refractivity contribution in [1.29, 1.82) is 0 Å². The van der Waals surface area contributed by atoms with Crippen LogP contribution in [0.3, 0.4) is 0 Å². The number of hydrogen-bond acceptors (Lipinski definition) is 2. The van der Waals surface area contributed by atoms with Crippen LogP contribution in [0.1, 0.15) is 38.5 Å². The largest absolute Gasteiger partial charge is 0.353 e. The highest BCUT2D eigenvalue weighted by molar-refractivity contribution is 5.08. The molecule has 1 atom stereocenters. The fourth-order valence-electron chi connectivity index (χ4n) is 1.55. The van der Waals surface area contributed by atoms with E-state index < -0.39 is 0 Å². The number of unbranched alkanes of at least 4 members (excludes halogenated alkanes) is 1. The smallest absolute Gasteiger partial charge is 0.157 e. The molecular formula is C15H20O2. The highest BCUT2D eigenvalue weighted by Gasteiger charge is 2.12. The molecule has 0 amide bonds. The third kappa shape index (κ3) is 7.64. The van der Waals surface area contributed by atoms with E-state index in [9.17, 15) is 0 Å². The lowest BCUT2D eigenvalue weighted by Gasteiger charge is -2.21. The Morgan fingerprint density at radius 2 is 2.24 bits per heavy atom. The summed E-state index contributed by atoms with van der Waals surface area (Å²) in [5.41, 5.74) is 0. The van der Waals surface area contributed by atoms with Crippen molar-refractivity contribution in [3.8, 4) is 24.2 Å². The van der Waals surface area contributed by atoms with Crippen LogP contribution in [-0.4, -0.2) is 19.5 Å². The third-order valence-electron chi connectivity index (χ3n) is 2.43. The topological polar surface area (TPSA) is 18.5 Å². The standard InChI is InChI=1S/C15H20O2/c1-2-3-4-5-6-7-8-10-13-16-15-12-9-11-14-17-15/h1,8,10,15H,3,6-7,9,11-14H2/b10-8+. The highest BCUT2D eigenvalue weighted by atomic mass is 16.7. The molecule has 0 N–H and O–H groups in total.